The minimum atomic E-state index is -0.389. The first-order valence-corrected chi connectivity index (χ1v) is 5.61. The summed E-state index contributed by atoms with van der Waals surface area (Å²) >= 11 is 0. The third kappa shape index (κ3) is 4.55. The number of benzene rings is 1. The second-order valence-corrected chi connectivity index (χ2v) is 3.92. The molecule has 18 heavy (non-hydrogen) atoms. The van der Waals surface area contributed by atoms with Crippen molar-refractivity contribution in [2.75, 3.05) is 20.2 Å². The van der Waals surface area contributed by atoms with Crippen LogP contribution in [0.1, 0.15) is 17.5 Å². The van der Waals surface area contributed by atoms with Crippen molar-refractivity contribution in [1.29, 1.82) is 5.26 Å². The molecule has 0 aliphatic heterocycles. The van der Waals surface area contributed by atoms with E-state index >= 15 is 0 Å². The molecule has 0 aliphatic rings. The van der Waals surface area contributed by atoms with Gasteiger partial charge >= 0.3 is 0 Å². The molecule has 0 aromatic heterocycles. The number of rotatable bonds is 4. The lowest BCUT2D eigenvalue weighted by molar-refractivity contribution is 0.335. The Labute approximate surface area is 106 Å². The Balaban J connectivity index is 2.76. The summed E-state index contributed by atoms with van der Waals surface area (Å²) in [7, 11) is 1.90. The fraction of sp³-hybridized carbons (Fsp3) is 0.357. The predicted molar refractivity (Wildman–Crippen MR) is 66.9 cm³/mol. The van der Waals surface area contributed by atoms with Crippen LogP contribution >= 0.6 is 0 Å². The van der Waals surface area contributed by atoms with E-state index < -0.39 is 0 Å². The average Bonchev–Trinajstić information content (AvgIpc) is 2.37. The maximum atomic E-state index is 13.4. The third-order valence-corrected chi connectivity index (χ3v) is 2.39. The van der Waals surface area contributed by atoms with E-state index in [-0.39, 0.29) is 18.0 Å². The van der Waals surface area contributed by atoms with Crippen molar-refractivity contribution < 1.29 is 9.50 Å². The molecule has 0 fully saturated rings. The first-order chi connectivity index (χ1) is 8.67. The highest BCUT2D eigenvalue weighted by Crippen LogP contribution is 2.11. The van der Waals surface area contributed by atoms with Crippen LogP contribution in [0.2, 0.25) is 0 Å². The van der Waals surface area contributed by atoms with Crippen LogP contribution in [0.15, 0.2) is 18.2 Å². The number of aliphatic hydroxyl groups excluding tert-OH is 1. The van der Waals surface area contributed by atoms with E-state index in [0.29, 0.717) is 19.5 Å². The smallest absolute Gasteiger partial charge is 0.138 e. The van der Waals surface area contributed by atoms with Crippen LogP contribution in [0.4, 0.5) is 4.39 Å². The Morgan fingerprint density at radius 1 is 1.44 bits per heavy atom. The number of halogens is 1. The summed E-state index contributed by atoms with van der Waals surface area (Å²) in [6.07, 6.45) is 0.467. The molecule has 1 N–H and O–H groups in total. The lowest BCUT2D eigenvalue weighted by Crippen LogP contribution is -2.18. The largest absolute Gasteiger partial charge is 0.384 e. The van der Waals surface area contributed by atoms with Crippen LogP contribution in [0.25, 0.3) is 0 Å². The molecule has 94 valence electrons. The Kier molecular flexibility index (Phi) is 5.87. The van der Waals surface area contributed by atoms with Gasteiger partial charge in [-0.05, 0) is 24.7 Å². The standard InChI is InChI=1S/C14H15FN2O/c1-17(8-3-7-16)11-12-5-6-14(15)13(10-12)4-2-9-18/h5-6,10,18H,3,8-9,11H2,1H3. The molecule has 4 heteroatoms. The van der Waals surface area contributed by atoms with Gasteiger partial charge in [0.05, 0.1) is 11.6 Å². The van der Waals surface area contributed by atoms with E-state index in [1.165, 1.54) is 6.07 Å². The number of nitriles is 1. The topological polar surface area (TPSA) is 47.3 Å². The van der Waals surface area contributed by atoms with Crippen molar-refractivity contribution in [2.24, 2.45) is 0 Å². The molecule has 0 spiro atoms. The lowest BCUT2D eigenvalue weighted by Gasteiger charge is -2.14. The summed E-state index contributed by atoms with van der Waals surface area (Å²) in [6.45, 7) is 1.02. The normalized spacial score (nSPS) is 9.72. The SMILES string of the molecule is CN(CCC#N)Cc1ccc(F)c(C#CCO)c1. The van der Waals surface area contributed by atoms with Crippen LogP contribution in [0.5, 0.6) is 0 Å². The summed E-state index contributed by atoms with van der Waals surface area (Å²) in [5.41, 5.74) is 1.22. The highest BCUT2D eigenvalue weighted by atomic mass is 19.1. The van der Waals surface area contributed by atoms with E-state index in [1.54, 1.807) is 12.1 Å². The molecule has 0 aliphatic carbocycles. The Morgan fingerprint density at radius 2 is 2.22 bits per heavy atom. The molecule has 0 heterocycles. The van der Waals surface area contributed by atoms with Crippen LogP contribution < -0.4 is 0 Å². The number of hydrogen-bond acceptors (Lipinski definition) is 3. The molecular formula is C14H15FN2O. The molecule has 0 saturated heterocycles. The Hall–Kier alpha value is -1.88. The van der Waals surface area contributed by atoms with Gasteiger partial charge in [-0.1, -0.05) is 17.9 Å². The van der Waals surface area contributed by atoms with Gasteiger partial charge in [0.1, 0.15) is 12.4 Å². The van der Waals surface area contributed by atoms with Gasteiger partial charge in [-0.2, -0.15) is 5.26 Å². The summed E-state index contributed by atoms with van der Waals surface area (Å²) in [4.78, 5) is 1.99. The maximum absolute atomic E-state index is 13.4. The van der Waals surface area contributed by atoms with Gasteiger partial charge < -0.3 is 10.0 Å². The quantitative estimate of drug-likeness (QED) is 0.819. The summed E-state index contributed by atoms with van der Waals surface area (Å²) < 4.78 is 13.4. The Morgan fingerprint density at radius 3 is 2.89 bits per heavy atom. The van der Waals surface area contributed by atoms with Crippen molar-refractivity contribution in [2.45, 2.75) is 13.0 Å². The molecule has 1 rings (SSSR count). The van der Waals surface area contributed by atoms with Crippen molar-refractivity contribution >= 4 is 0 Å². The van der Waals surface area contributed by atoms with Gasteiger partial charge in [-0.25, -0.2) is 4.39 Å². The highest BCUT2D eigenvalue weighted by molar-refractivity contribution is 5.38. The van der Waals surface area contributed by atoms with Crippen LogP contribution in [0, 0.1) is 29.0 Å². The summed E-state index contributed by atoms with van der Waals surface area (Å²) in [5.74, 6) is 4.61. The number of nitrogens with zero attached hydrogens (tertiary/aromatic N) is 2. The molecule has 0 bridgehead atoms. The van der Waals surface area contributed by atoms with E-state index in [9.17, 15) is 4.39 Å². The molecule has 0 unspecified atom stereocenters. The summed E-state index contributed by atoms with van der Waals surface area (Å²) in [5, 5.41) is 17.1. The fourth-order valence-corrected chi connectivity index (χ4v) is 1.53. The van der Waals surface area contributed by atoms with Gasteiger partial charge in [-0.15, -0.1) is 0 Å². The number of hydrogen-bond donors (Lipinski definition) is 1. The first-order valence-electron chi connectivity index (χ1n) is 5.61. The van der Waals surface area contributed by atoms with Gasteiger partial charge in [-0.3, -0.25) is 0 Å². The van der Waals surface area contributed by atoms with Gasteiger partial charge in [0.15, 0.2) is 0 Å². The first kappa shape index (κ1) is 14.2. The highest BCUT2D eigenvalue weighted by Gasteiger charge is 2.04. The van der Waals surface area contributed by atoms with Crippen LogP contribution in [-0.2, 0) is 6.54 Å². The third-order valence-electron chi connectivity index (χ3n) is 2.39. The molecule has 3 nitrogen and oxygen atoms in total. The maximum Gasteiger partial charge on any atom is 0.138 e. The monoisotopic (exact) mass is 246 g/mol. The zero-order chi connectivity index (χ0) is 13.4. The molecular weight excluding hydrogens is 231 g/mol. The summed E-state index contributed by atoms with van der Waals surface area (Å²) in [6, 6.07) is 6.82. The molecule has 0 saturated carbocycles. The van der Waals surface area contributed by atoms with Crippen molar-refractivity contribution in [3.05, 3.63) is 35.1 Å². The van der Waals surface area contributed by atoms with E-state index in [0.717, 1.165) is 5.56 Å². The average molecular weight is 246 g/mol. The van der Waals surface area contributed by atoms with E-state index in [4.69, 9.17) is 10.4 Å². The molecule has 1 aromatic carbocycles. The van der Waals surface area contributed by atoms with E-state index in [2.05, 4.69) is 17.9 Å². The van der Waals surface area contributed by atoms with Gasteiger partial charge in [0.25, 0.3) is 0 Å². The second kappa shape index (κ2) is 7.45. The van der Waals surface area contributed by atoms with Crippen molar-refractivity contribution in [3.8, 4) is 17.9 Å². The molecule has 0 radical (unpaired) electrons. The Bertz CT molecular complexity index is 497. The molecule has 0 atom stereocenters. The zero-order valence-corrected chi connectivity index (χ0v) is 10.3. The van der Waals surface area contributed by atoms with Crippen molar-refractivity contribution in [3.63, 3.8) is 0 Å². The van der Waals surface area contributed by atoms with Gasteiger partial charge in [0, 0.05) is 19.5 Å². The minimum absolute atomic E-state index is 0.286. The fourth-order valence-electron chi connectivity index (χ4n) is 1.53. The number of aliphatic hydroxyl groups is 1. The van der Waals surface area contributed by atoms with Gasteiger partial charge in [0.2, 0.25) is 0 Å². The van der Waals surface area contributed by atoms with E-state index in [1.807, 2.05) is 11.9 Å². The minimum Gasteiger partial charge on any atom is -0.384 e. The predicted octanol–water partition coefficient (Wildman–Crippen LogP) is 1.51. The van der Waals surface area contributed by atoms with Crippen LogP contribution in [-0.4, -0.2) is 30.2 Å². The molecule has 0 amide bonds. The second-order valence-electron chi connectivity index (χ2n) is 3.92. The van der Waals surface area contributed by atoms with Crippen LogP contribution in [0.3, 0.4) is 0 Å². The molecule has 1 aromatic rings. The lowest BCUT2D eigenvalue weighted by atomic mass is 10.1. The zero-order valence-electron chi connectivity index (χ0n) is 10.3. The van der Waals surface area contributed by atoms with Crippen molar-refractivity contribution in [1.82, 2.24) is 4.90 Å².